The van der Waals surface area contributed by atoms with Gasteiger partial charge in [-0.25, -0.2) is 0 Å². The van der Waals surface area contributed by atoms with E-state index in [-0.39, 0.29) is 11.6 Å². The van der Waals surface area contributed by atoms with Gasteiger partial charge in [0.1, 0.15) is 11.4 Å². The van der Waals surface area contributed by atoms with E-state index in [2.05, 4.69) is 83.2 Å². The Bertz CT molecular complexity index is 886. The molecular formula is C25H34N4O. The average Bonchev–Trinajstić information content (AvgIpc) is 3.18. The molecule has 0 bridgehead atoms. The van der Waals surface area contributed by atoms with Crippen LogP contribution in [0.1, 0.15) is 54.8 Å². The summed E-state index contributed by atoms with van der Waals surface area (Å²) in [5.41, 5.74) is 3.79. The lowest BCUT2D eigenvalue weighted by molar-refractivity contribution is 0.0396. The zero-order valence-corrected chi connectivity index (χ0v) is 18.4. The fourth-order valence-electron chi connectivity index (χ4n) is 4.82. The Balaban J connectivity index is 1.44. The van der Waals surface area contributed by atoms with Gasteiger partial charge in [-0.05, 0) is 57.0 Å². The van der Waals surface area contributed by atoms with Crippen molar-refractivity contribution < 1.29 is 4.74 Å². The van der Waals surface area contributed by atoms with Crippen LogP contribution in [0.2, 0.25) is 0 Å². The Labute approximate surface area is 180 Å². The number of nitrogens with zero attached hydrogens (tertiary/aromatic N) is 2. The molecule has 1 saturated carbocycles. The fraction of sp³-hybridized carbons (Fsp3) is 0.480. The minimum Gasteiger partial charge on any atom is -0.487 e. The molecule has 0 saturated heterocycles. The highest BCUT2D eigenvalue weighted by molar-refractivity contribution is 5.80. The predicted molar refractivity (Wildman–Crippen MR) is 123 cm³/mol. The highest BCUT2D eigenvalue weighted by Gasteiger charge is 2.43. The highest BCUT2D eigenvalue weighted by Crippen LogP contribution is 2.46. The monoisotopic (exact) mass is 406 g/mol. The Hall–Kier alpha value is -2.53. The van der Waals surface area contributed by atoms with Crippen LogP contribution in [-0.4, -0.2) is 37.6 Å². The molecular weight excluding hydrogens is 372 g/mol. The van der Waals surface area contributed by atoms with E-state index in [0.717, 1.165) is 44.1 Å². The van der Waals surface area contributed by atoms with Gasteiger partial charge in [-0.3, -0.25) is 4.99 Å². The van der Waals surface area contributed by atoms with Gasteiger partial charge >= 0.3 is 0 Å². The van der Waals surface area contributed by atoms with Gasteiger partial charge in [-0.1, -0.05) is 42.5 Å². The van der Waals surface area contributed by atoms with Gasteiger partial charge in [-0.15, -0.1) is 0 Å². The second kappa shape index (κ2) is 9.09. The largest absolute Gasteiger partial charge is 0.487 e. The molecule has 1 fully saturated rings. The van der Waals surface area contributed by atoms with E-state index in [1.807, 2.05) is 7.05 Å². The summed E-state index contributed by atoms with van der Waals surface area (Å²) in [7, 11) is 6.04. The van der Waals surface area contributed by atoms with E-state index >= 15 is 0 Å². The summed E-state index contributed by atoms with van der Waals surface area (Å²) in [5.74, 6) is 1.86. The molecule has 30 heavy (non-hydrogen) atoms. The SMILES string of the molecule is CN=C(NCc1cccc(CN(C)C)c1)NC1CC2(CCCC2)Oc2ccccc21. The molecule has 0 amide bonds. The molecule has 2 aliphatic rings. The van der Waals surface area contributed by atoms with Gasteiger partial charge in [0.15, 0.2) is 5.96 Å². The van der Waals surface area contributed by atoms with Crippen LogP contribution in [0.3, 0.4) is 0 Å². The van der Waals surface area contributed by atoms with Crippen LogP contribution in [0.4, 0.5) is 0 Å². The molecule has 1 unspecified atom stereocenters. The second-order valence-corrected chi connectivity index (χ2v) is 8.91. The molecule has 1 spiro atoms. The van der Waals surface area contributed by atoms with Crippen LogP contribution in [0, 0.1) is 0 Å². The third-order valence-corrected chi connectivity index (χ3v) is 6.20. The van der Waals surface area contributed by atoms with Crippen LogP contribution >= 0.6 is 0 Å². The normalized spacial score (nSPS) is 20.1. The molecule has 1 atom stereocenters. The maximum Gasteiger partial charge on any atom is 0.191 e. The van der Waals surface area contributed by atoms with Gasteiger partial charge in [-0.2, -0.15) is 0 Å². The predicted octanol–water partition coefficient (Wildman–Crippen LogP) is 4.25. The molecule has 2 aromatic rings. The van der Waals surface area contributed by atoms with Crippen LogP contribution in [-0.2, 0) is 13.1 Å². The van der Waals surface area contributed by atoms with Crippen LogP contribution in [0.15, 0.2) is 53.5 Å². The zero-order valence-electron chi connectivity index (χ0n) is 18.4. The smallest absolute Gasteiger partial charge is 0.191 e. The standard InChI is InChI=1S/C25H34N4O/c1-26-24(27-17-19-9-8-10-20(15-19)18-29(2)3)28-22-16-25(13-6-7-14-25)30-23-12-5-4-11-21(22)23/h4-5,8-12,15,22H,6-7,13-14,16-18H2,1-3H3,(H2,26,27,28). The highest BCUT2D eigenvalue weighted by atomic mass is 16.5. The third kappa shape index (κ3) is 4.78. The van der Waals surface area contributed by atoms with Gasteiger partial charge < -0.3 is 20.3 Å². The molecule has 2 N–H and O–H groups in total. The van der Waals surface area contributed by atoms with Crippen molar-refractivity contribution in [3.05, 3.63) is 65.2 Å². The number of rotatable bonds is 5. The van der Waals surface area contributed by atoms with E-state index < -0.39 is 0 Å². The molecule has 5 heteroatoms. The first-order chi connectivity index (χ1) is 14.6. The summed E-state index contributed by atoms with van der Waals surface area (Å²) in [6.07, 6.45) is 5.79. The van der Waals surface area contributed by atoms with E-state index in [0.29, 0.717) is 0 Å². The summed E-state index contributed by atoms with van der Waals surface area (Å²) >= 11 is 0. The molecule has 1 aliphatic carbocycles. The van der Waals surface area contributed by atoms with Crippen molar-refractivity contribution in [1.29, 1.82) is 0 Å². The molecule has 160 valence electrons. The van der Waals surface area contributed by atoms with Crippen molar-refractivity contribution >= 4 is 5.96 Å². The lowest BCUT2D eigenvalue weighted by atomic mass is 9.86. The lowest BCUT2D eigenvalue weighted by Gasteiger charge is -2.40. The number of nitrogens with one attached hydrogen (secondary N) is 2. The van der Waals surface area contributed by atoms with Gasteiger partial charge in [0.2, 0.25) is 0 Å². The fourth-order valence-corrected chi connectivity index (χ4v) is 4.82. The first-order valence-corrected chi connectivity index (χ1v) is 11.0. The zero-order chi connectivity index (χ0) is 21.0. The topological polar surface area (TPSA) is 48.9 Å². The quantitative estimate of drug-likeness (QED) is 0.576. The number of para-hydroxylation sites is 1. The van der Waals surface area contributed by atoms with E-state index in [4.69, 9.17) is 4.74 Å². The van der Waals surface area contributed by atoms with Crippen molar-refractivity contribution in [3.63, 3.8) is 0 Å². The molecule has 4 rings (SSSR count). The first-order valence-electron chi connectivity index (χ1n) is 11.0. The van der Waals surface area contributed by atoms with Crippen LogP contribution < -0.4 is 15.4 Å². The maximum absolute atomic E-state index is 6.50. The Morgan fingerprint density at radius 2 is 1.87 bits per heavy atom. The number of aliphatic imine (C=N–C) groups is 1. The van der Waals surface area contributed by atoms with Gasteiger partial charge in [0.05, 0.1) is 6.04 Å². The van der Waals surface area contributed by atoms with E-state index in [1.165, 1.54) is 29.5 Å². The number of benzene rings is 2. The number of fused-ring (bicyclic) bond motifs is 1. The van der Waals surface area contributed by atoms with Gasteiger partial charge in [0, 0.05) is 32.1 Å². The van der Waals surface area contributed by atoms with Crippen molar-refractivity contribution in [1.82, 2.24) is 15.5 Å². The van der Waals surface area contributed by atoms with Crippen molar-refractivity contribution in [2.24, 2.45) is 4.99 Å². The summed E-state index contributed by atoms with van der Waals surface area (Å²) in [5, 5.41) is 7.19. The van der Waals surface area contributed by atoms with Crippen molar-refractivity contribution in [2.45, 2.75) is 56.8 Å². The summed E-state index contributed by atoms with van der Waals surface area (Å²) < 4.78 is 6.50. The Morgan fingerprint density at radius 1 is 1.10 bits per heavy atom. The molecule has 1 heterocycles. The molecule has 0 aromatic heterocycles. The number of hydrogen-bond donors (Lipinski definition) is 2. The van der Waals surface area contributed by atoms with E-state index in [9.17, 15) is 0 Å². The van der Waals surface area contributed by atoms with Gasteiger partial charge in [0.25, 0.3) is 0 Å². The van der Waals surface area contributed by atoms with Crippen molar-refractivity contribution in [3.8, 4) is 5.75 Å². The molecule has 1 aliphatic heterocycles. The Morgan fingerprint density at radius 3 is 2.63 bits per heavy atom. The summed E-state index contributed by atoms with van der Waals surface area (Å²) in [6.45, 7) is 1.69. The van der Waals surface area contributed by atoms with Crippen LogP contribution in [0.5, 0.6) is 5.75 Å². The minimum absolute atomic E-state index is 0.0224. The van der Waals surface area contributed by atoms with Crippen LogP contribution in [0.25, 0.3) is 0 Å². The Kier molecular flexibility index (Phi) is 6.28. The second-order valence-electron chi connectivity index (χ2n) is 8.91. The first kappa shape index (κ1) is 20.7. The van der Waals surface area contributed by atoms with E-state index in [1.54, 1.807) is 0 Å². The lowest BCUT2D eigenvalue weighted by Crippen LogP contribution is -2.46. The third-order valence-electron chi connectivity index (χ3n) is 6.20. The number of guanidine groups is 1. The number of ether oxygens (including phenoxy) is 1. The molecule has 2 aromatic carbocycles. The maximum atomic E-state index is 6.50. The van der Waals surface area contributed by atoms with Crippen molar-refractivity contribution in [2.75, 3.05) is 21.1 Å². The molecule has 5 nitrogen and oxygen atoms in total. The number of hydrogen-bond acceptors (Lipinski definition) is 3. The molecule has 0 radical (unpaired) electrons. The average molecular weight is 407 g/mol. The summed E-state index contributed by atoms with van der Waals surface area (Å²) in [6, 6.07) is 17.4. The minimum atomic E-state index is -0.0224. The summed E-state index contributed by atoms with van der Waals surface area (Å²) in [4.78, 5) is 6.69.